The van der Waals surface area contributed by atoms with Gasteiger partial charge in [0, 0.05) is 24.3 Å². The van der Waals surface area contributed by atoms with E-state index in [0.29, 0.717) is 23.8 Å². The quantitative estimate of drug-likeness (QED) is 0.841. The molecule has 27 heavy (non-hydrogen) atoms. The van der Waals surface area contributed by atoms with Crippen LogP contribution in [0.5, 0.6) is 5.75 Å². The molecule has 6 rings (SSSR count). The minimum absolute atomic E-state index is 0.0140. The molecule has 1 spiro atoms. The summed E-state index contributed by atoms with van der Waals surface area (Å²) >= 11 is 0. The molecule has 4 atom stereocenters. The minimum Gasteiger partial charge on any atom is -0.467 e. The number of nitrogens with one attached hydrogen (secondary N) is 2. The van der Waals surface area contributed by atoms with E-state index in [-0.39, 0.29) is 29.1 Å². The molecular formula is C22H28N2O3. The molecule has 1 aromatic rings. The Hall–Kier alpha value is -2.04. The lowest BCUT2D eigenvalue weighted by Crippen LogP contribution is -2.69. The van der Waals surface area contributed by atoms with E-state index in [1.54, 1.807) is 6.07 Å². The third-order valence-corrected chi connectivity index (χ3v) is 7.52. The van der Waals surface area contributed by atoms with Gasteiger partial charge in [-0.15, -0.1) is 0 Å². The lowest BCUT2D eigenvalue weighted by Gasteiger charge is -2.59. The zero-order chi connectivity index (χ0) is 18.6. The van der Waals surface area contributed by atoms with Gasteiger partial charge < -0.3 is 15.4 Å². The van der Waals surface area contributed by atoms with Gasteiger partial charge in [0.05, 0.1) is 5.56 Å². The van der Waals surface area contributed by atoms with Crippen LogP contribution in [0.15, 0.2) is 24.3 Å². The van der Waals surface area contributed by atoms with Gasteiger partial charge in [0.1, 0.15) is 5.75 Å². The largest absolute Gasteiger partial charge is 0.467 e. The molecule has 4 fully saturated rings. The summed E-state index contributed by atoms with van der Waals surface area (Å²) in [6.07, 6.45) is 8.16. The molecule has 2 bridgehead atoms. The van der Waals surface area contributed by atoms with E-state index in [2.05, 4.69) is 17.6 Å². The summed E-state index contributed by atoms with van der Waals surface area (Å²) in [5.41, 5.74) is -0.204. The Kier molecular flexibility index (Phi) is 3.78. The van der Waals surface area contributed by atoms with Crippen molar-refractivity contribution in [2.24, 2.45) is 17.3 Å². The molecule has 5 heteroatoms. The van der Waals surface area contributed by atoms with E-state index in [0.717, 1.165) is 32.1 Å². The molecule has 1 aromatic carbocycles. The van der Waals surface area contributed by atoms with Crippen molar-refractivity contribution in [2.75, 3.05) is 0 Å². The number of carbonyl (C=O) groups is 2. The van der Waals surface area contributed by atoms with Gasteiger partial charge in [-0.1, -0.05) is 31.9 Å². The molecule has 5 nitrogen and oxygen atoms in total. The van der Waals surface area contributed by atoms with Gasteiger partial charge in [-0.25, -0.2) is 0 Å². The van der Waals surface area contributed by atoms with Crippen molar-refractivity contribution in [1.82, 2.24) is 10.6 Å². The van der Waals surface area contributed by atoms with Crippen LogP contribution in [0, 0.1) is 17.3 Å². The lowest BCUT2D eigenvalue weighted by atomic mass is 9.52. The smallest absolute Gasteiger partial charge is 0.258 e. The van der Waals surface area contributed by atoms with E-state index >= 15 is 0 Å². The number of hydrogen-bond acceptors (Lipinski definition) is 3. The first-order chi connectivity index (χ1) is 13.0. The fourth-order valence-electron chi connectivity index (χ4n) is 6.03. The molecule has 0 radical (unpaired) electrons. The molecule has 1 heterocycles. The van der Waals surface area contributed by atoms with E-state index in [1.807, 2.05) is 18.2 Å². The first kappa shape index (κ1) is 17.1. The Morgan fingerprint density at radius 3 is 2.78 bits per heavy atom. The average Bonchev–Trinajstić information content (AvgIpc) is 3.14. The highest BCUT2D eigenvalue weighted by atomic mass is 16.5. The summed E-state index contributed by atoms with van der Waals surface area (Å²) in [6, 6.07) is 7.81. The van der Waals surface area contributed by atoms with Gasteiger partial charge in [-0.2, -0.15) is 0 Å². The van der Waals surface area contributed by atoms with Gasteiger partial charge in [-0.3, -0.25) is 9.59 Å². The number of fused-ring (bicyclic) bond motifs is 3. The summed E-state index contributed by atoms with van der Waals surface area (Å²) in [7, 11) is 0. The van der Waals surface area contributed by atoms with E-state index < -0.39 is 5.72 Å². The van der Waals surface area contributed by atoms with Gasteiger partial charge in [0.2, 0.25) is 5.91 Å². The van der Waals surface area contributed by atoms with Crippen LogP contribution in [-0.2, 0) is 4.79 Å². The van der Waals surface area contributed by atoms with E-state index in [9.17, 15) is 9.59 Å². The highest BCUT2D eigenvalue weighted by Crippen LogP contribution is 2.58. The summed E-state index contributed by atoms with van der Waals surface area (Å²) in [5.74, 6) is 1.02. The van der Waals surface area contributed by atoms with Crippen molar-refractivity contribution in [2.45, 2.75) is 70.1 Å². The second-order valence-corrected chi connectivity index (χ2v) is 9.29. The molecule has 5 aliphatic rings. The number of carbonyl (C=O) groups excluding carboxylic acids is 2. The van der Waals surface area contributed by atoms with Crippen molar-refractivity contribution in [1.29, 1.82) is 0 Å². The van der Waals surface area contributed by atoms with E-state index in [4.69, 9.17) is 4.74 Å². The molecular weight excluding hydrogens is 340 g/mol. The highest BCUT2D eigenvalue weighted by molar-refractivity contribution is 5.98. The minimum atomic E-state index is -0.664. The van der Waals surface area contributed by atoms with Gasteiger partial charge in [0.15, 0.2) is 5.72 Å². The van der Waals surface area contributed by atoms with Gasteiger partial charge >= 0.3 is 0 Å². The molecule has 2 N–H and O–H groups in total. The molecule has 0 aromatic heterocycles. The Bertz CT molecular complexity index is 788. The van der Waals surface area contributed by atoms with Crippen LogP contribution in [0.25, 0.3) is 0 Å². The van der Waals surface area contributed by atoms with Crippen molar-refractivity contribution in [3.05, 3.63) is 29.8 Å². The number of hydrogen-bond donors (Lipinski definition) is 2. The normalized spacial score (nSPS) is 37.6. The monoisotopic (exact) mass is 368 g/mol. The predicted molar refractivity (Wildman–Crippen MR) is 101 cm³/mol. The lowest BCUT2D eigenvalue weighted by molar-refractivity contribution is -0.167. The summed E-state index contributed by atoms with van der Waals surface area (Å²) in [5, 5.41) is 6.49. The van der Waals surface area contributed by atoms with Crippen LogP contribution in [0.3, 0.4) is 0 Å². The Labute approximate surface area is 160 Å². The standard InChI is InChI=1S/C22H28N2O3/c1-21-11-10-14(12-17(21)20(26)23-15-6-2-3-7-15)22(13-21)24-19(25)16-8-4-5-9-18(16)27-22/h4-5,8-9,14-15,17H,2-3,6-7,10-13H2,1H3,(H,23,26)(H,24,25)/t14-,17-,21-,22+/m0/s1. The maximum atomic E-state index is 13.0. The Morgan fingerprint density at radius 2 is 2.00 bits per heavy atom. The third-order valence-electron chi connectivity index (χ3n) is 7.52. The van der Waals surface area contributed by atoms with Crippen LogP contribution in [-0.4, -0.2) is 23.6 Å². The van der Waals surface area contributed by atoms with Crippen LogP contribution in [0.1, 0.15) is 68.6 Å². The summed E-state index contributed by atoms with van der Waals surface area (Å²) < 4.78 is 6.43. The Morgan fingerprint density at radius 1 is 1.22 bits per heavy atom. The number of amides is 2. The van der Waals surface area contributed by atoms with Crippen molar-refractivity contribution < 1.29 is 14.3 Å². The fourth-order valence-corrected chi connectivity index (χ4v) is 6.03. The first-order valence-electron chi connectivity index (χ1n) is 10.4. The van der Waals surface area contributed by atoms with Crippen molar-refractivity contribution in [3.8, 4) is 5.75 Å². The molecule has 0 saturated heterocycles. The van der Waals surface area contributed by atoms with Crippen molar-refractivity contribution in [3.63, 3.8) is 0 Å². The summed E-state index contributed by atoms with van der Waals surface area (Å²) in [4.78, 5) is 25.8. The predicted octanol–water partition coefficient (Wildman–Crippen LogP) is 3.39. The second-order valence-electron chi connectivity index (χ2n) is 9.29. The zero-order valence-electron chi connectivity index (χ0n) is 15.9. The maximum Gasteiger partial charge on any atom is 0.258 e. The Balaban J connectivity index is 1.39. The molecule has 2 amide bonds. The maximum absolute atomic E-state index is 13.0. The van der Waals surface area contributed by atoms with Crippen molar-refractivity contribution >= 4 is 11.8 Å². The molecule has 4 aliphatic carbocycles. The SMILES string of the molecule is C[C@@]12CC[C@@H](C[C@H]1C(=O)NC1CCCC1)[C@]1(C2)NC(=O)c2ccccc2O1. The highest BCUT2D eigenvalue weighted by Gasteiger charge is 2.61. The van der Waals surface area contributed by atoms with E-state index in [1.165, 1.54) is 12.8 Å². The van der Waals surface area contributed by atoms with Crippen LogP contribution in [0.4, 0.5) is 0 Å². The number of benzene rings is 1. The number of para-hydroxylation sites is 1. The van der Waals surface area contributed by atoms with Crippen LogP contribution in [0.2, 0.25) is 0 Å². The summed E-state index contributed by atoms with van der Waals surface area (Å²) in [6.45, 7) is 2.21. The molecule has 1 aliphatic heterocycles. The fraction of sp³-hybridized carbons (Fsp3) is 0.636. The molecule has 144 valence electrons. The van der Waals surface area contributed by atoms with Gasteiger partial charge in [-0.05, 0) is 49.7 Å². The van der Waals surface area contributed by atoms with Crippen LogP contribution < -0.4 is 15.4 Å². The number of ether oxygens (including phenoxy) is 1. The van der Waals surface area contributed by atoms with Crippen LogP contribution >= 0.6 is 0 Å². The second kappa shape index (κ2) is 5.98. The topological polar surface area (TPSA) is 67.4 Å². The first-order valence-corrected chi connectivity index (χ1v) is 10.4. The molecule has 4 saturated carbocycles. The average molecular weight is 368 g/mol. The zero-order valence-corrected chi connectivity index (χ0v) is 15.9. The number of rotatable bonds is 2. The van der Waals surface area contributed by atoms with Gasteiger partial charge in [0.25, 0.3) is 5.91 Å². The molecule has 0 unspecified atom stereocenters. The third kappa shape index (κ3) is 2.66.